The van der Waals surface area contributed by atoms with Crippen molar-refractivity contribution < 1.29 is 14.3 Å². The number of methoxy groups -OCH3 is 1. The van der Waals surface area contributed by atoms with Crippen LogP contribution in [0.5, 0.6) is 5.75 Å². The van der Waals surface area contributed by atoms with Crippen molar-refractivity contribution >= 4 is 40.1 Å². The average Bonchev–Trinajstić information content (AvgIpc) is 3.44. The predicted octanol–water partition coefficient (Wildman–Crippen LogP) is 5.00. The number of para-hydroxylation sites is 1. The van der Waals surface area contributed by atoms with Crippen LogP contribution in [-0.2, 0) is 16.1 Å². The van der Waals surface area contributed by atoms with E-state index in [0.29, 0.717) is 17.0 Å². The molecular formula is C26H27N3O3S. The van der Waals surface area contributed by atoms with Gasteiger partial charge in [-0.25, -0.2) is 0 Å². The maximum atomic E-state index is 13.4. The maximum absolute atomic E-state index is 13.4. The standard InChI is InChI=1S/C26H27N3O3S/c1-4-28(5-2)20-14-12-19(13-15-20)27-24-23(22-11-8-16-33-22)25(30)29(26(24)31)17-18-9-6-7-10-21(18)32-3/h6-16,27H,4-5,17H2,1-3H3. The number of amides is 2. The Bertz CT molecular complexity index is 1170. The Morgan fingerprint density at radius 3 is 2.30 bits per heavy atom. The fourth-order valence-corrected chi connectivity index (χ4v) is 4.75. The molecule has 0 spiro atoms. The molecule has 1 aromatic heterocycles. The van der Waals surface area contributed by atoms with E-state index >= 15 is 0 Å². The predicted molar refractivity (Wildman–Crippen MR) is 133 cm³/mol. The third-order valence-corrected chi connectivity index (χ3v) is 6.61. The fourth-order valence-electron chi connectivity index (χ4n) is 3.98. The molecular weight excluding hydrogens is 434 g/mol. The third kappa shape index (κ3) is 4.50. The Morgan fingerprint density at radius 2 is 1.67 bits per heavy atom. The van der Waals surface area contributed by atoms with Crippen molar-refractivity contribution in [2.75, 3.05) is 30.4 Å². The smallest absolute Gasteiger partial charge is 0.278 e. The molecule has 0 saturated heterocycles. The van der Waals surface area contributed by atoms with E-state index in [1.807, 2.05) is 66.0 Å². The Kier molecular flexibility index (Phi) is 6.79. The minimum atomic E-state index is -0.345. The number of carbonyl (C=O) groups is 2. The zero-order valence-corrected chi connectivity index (χ0v) is 19.8. The number of nitrogens with one attached hydrogen (secondary N) is 1. The highest BCUT2D eigenvalue weighted by atomic mass is 32.1. The van der Waals surface area contributed by atoms with Crippen molar-refractivity contribution in [3.05, 3.63) is 82.2 Å². The Labute approximate surface area is 198 Å². The second-order valence-corrected chi connectivity index (χ2v) is 8.53. The number of nitrogens with zero attached hydrogens (tertiary/aromatic N) is 2. The van der Waals surface area contributed by atoms with Crippen LogP contribution in [0.4, 0.5) is 11.4 Å². The molecule has 2 heterocycles. The van der Waals surface area contributed by atoms with Gasteiger partial charge in [-0.05, 0) is 55.6 Å². The molecule has 3 aromatic rings. The van der Waals surface area contributed by atoms with Gasteiger partial charge in [0.1, 0.15) is 11.4 Å². The molecule has 2 amide bonds. The van der Waals surface area contributed by atoms with E-state index < -0.39 is 0 Å². The van der Waals surface area contributed by atoms with Crippen molar-refractivity contribution in [3.8, 4) is 5.75 Å². The first-order valence-corrected chi connectivity index (χ1v) is 11.8. The largest absolute Gasteiger partial charge is 0.496 e. The van der Waals surface area contributed by atoms with E-state index in [0.717, 1.165) is 34.9 Å². The van der Waals surface area contributed by atoms with Crippen molar-refractivity contribution in [3.63, 3.8) is 0 Å². The van der Waals surface area contributed by atoms with Crippen LogP contribution in [0.25, 0.3) is 5.57 Å². The molecule has 0 bridgehead atoms. The molecule has 0 radical (unpaired) electrons. The number of benzene rings is 2. The molecule has 1 aliphatic rings. The second kappa shape index (κ2) is 9.92. The molecule has 33 heavy (non-hydrogen) atoms. The van der Waals surface area contributed by atoms with Crippen molar-refractivity contribution in [1.29, 1.82) is 0 Å². The number of thiophene rings is 1. The van der Waals surface area contributed by atoms with Crippen molar-refractivity contribution in [2.24, 2.45) is 0 Å². The summed E-state index contributed by atoms with van der Waals surface area (Å²) in [7, 11) is 1.58. The van der Waals surface area contributed by atoms with Crippen LogP contribution < -0.4 is 15.0 Å². The van der Waals surface area contributed by atoms with Gasteiger partial charge in [0, 0.05) is 34.9 Å². The lowest BCUT2D eigenvalue weighted by molar-refractivity contribution is -0.137. The van der Waals surface area contributed by atoms with Crippen LogP contribution in [-0.4, -0.2) is 36.9 Å². The van der Waals surface area contributed by atoms with Gasteiger partial charge in [-0.1, -0.05) is 24.3 Å². The molecule has 2 aromatic carbocycles. The van der Waals surface area contributed by atoms with E-state index in [4.69, 9.17) is 4.74 Å². The SMILES string of the molecule is CCN(CC)c1ccc(NC2=C(c3cccs3)C(=O)N(Cc3ccccc3OC)C2=O)cc1. The number of hydrogen-bond acceptors (Lipinski definition) is 6. The molecule has 170 valence electrons. The lowest BCUT2D eigenvalue weighted by atomic mass is 10.1. The van der Waals surface area contributed by atoms with Crippen LogP contribution in [0.15, 0.2) is 71.7 Å². The summed E-state index contributed by atoms with van der Waals surface area (Å²) in [6.45, 7) is 6.21. The van der Waals surface area contributed by atoms with Crippen LogP contribution in [0.1, 0.15) is 24.3 Å². The summed E-state index contributed by atoms with van der Waals surface area (Å²) in [6, 6.07) is 19.1. The molecule has 0 saturated carbocycles. The minimum absolute atomic E-state index is 0.142. The van der Waals surface area contributed by atoms with Gasteiger partial charge in [-0.2, -0.15) is 0 Å². The molecule has 0 fully saturated rings. The van der Waals surface area contributed by atoms with Gasteiger partial charge in [-0.15, -0.1) is 11.3 Å². The van der Waals surface area contributed by atoms with E-state index in [1.54, 1.807) is 7.11 Å². The summed E-state index contributed by atoms with van der Waals surface area (Å²) < 4.78 is 5.42. The molecule has 1 aliphatic heterocycles. The first-order valence-electron chi connectivity index (χ1n) is 11.0. The fraction of sp³-hybridized carbons (Fsp3) is 0.231. The van der Waals surface area contributed by atoms with Gasteiger partial charge in [0.2, 0.25) is 0 Å². The zero-order chi connectivity index (χ0) is 23.4. The third-order valence-electron chi connectivity index (χ3n) is 5.72. The highest BCUT2D eigenvalue weighted by Crippen LogP contribution is 2.34. The lowest BCUT2D eigenvalue weighted by Crippen LogP contribution is -2.32. The van der Waals surface area contributed by atoms with E-state index in [9.17, 15) is 9.59 Å². The topological polar surface area (TPSA) is 61.9 Å². The average molecular weight is 462 g/mol. The minimum Gasteiger partial charge on any atom is -0.496 e. The number of carbonyl (C=O) groups excluding carboxylic acids is 2. The summed E-state index contributed by atoms with van der Waals surface area (Å²) >= 11 is 1.44. The van der Waals surface area contributed by atoms with E-state index in [-0.39, 0.29) is 18.4 Å². The van der Waals surface area contributed by atoms with Crippen LogP contribution in [0, 0.1) is 0 Å². The molecule has 7 heteroatoms. The molecule has 4 rings (SSSR count). The first kappa shape index (κ1) is 22.6. The monoisotopic (exact) mass is 461 g/mol. The highest BCUT2D eigenvalue weighted by molar-refractivity contribution is 7.11. The first-order chi connectivity index (χ1) is 16.1. The molecule has 0 unspecified atom stereocenters. The number of ether oxygens (including phenoxy) is 1. The highest BCUT2D eigenvalue weighted by Gasteiger charge is 2.40. The molecule has 6 nitrogen and oxygen atoms in total. The van der Waals surface area contributed by atoms with Crippen LogP contribution in [0.2, 0.25) is 0 Å². The number of anilines is 2. The van der Waals surface area contributed by atoms with Crippen LogP contribution >= 0.6 is 11.3 Å². The van der Waals surface area contributed by atoms with Gasteiger partial charge in [0.15, 0.2) is 0 Å². The Balaban J connectivity index is 1.65. The normalized spacial score (nSPS) is 13.6. The zero-order valence-electron chi connectivity index (χ0n) is 19.0. The van der Waals surface area contributed by atoms with Gasteiger partial charge < -0.3 is 15.0 Å². The number of hydrogen-bond donors (Lipinski definition) is 1. The van der Waals surface area contributed by atoms with Gasteiger partial charge in [-0.3, -0.25) is 14.5 Å². The van der Waals surface area contributed by atoms with Crippen molar-refractivity contribution in [1.82, 2.24) is 4.90 Å². The van der Waals surface area contributed by atoms with Gasteiger partial charge in [0.05, 0.1) is 19.2 Å². The van der Waals surface area contributed by atoms with Crippen molar-refractivity contribution in [2.45, 2.75) is 20.4 Å². The molecule has 0 aliphatic carbocycles. The van der Waals surface area contributed by atoms with Gasteiger partial charge >= 0.3 is 0 Å². The summed E-state index contributed by atoms with van der Waals surface area (Å²) in [5.74, 6) is -0.0121. The van der Waals surface area contributed by atoms with E-state index in [2.05, 4.69) is 24.1 Å². The Hall–Kier alpha value is -3.58. The molecule has 1 N–H and O–H groups in total. The molecule has 0 atom stereocenters. The summed E-state index contributed by atoms with van der Waals surface area (Å²) in [5.41, 5.74) is 3.35. The summed E-state index contributed by atoms with van der Waals surface area (Å²) in [5, 5.41) is 5.13. The van der Waals surface area contributed by atoms with Gasteiger partial charge in [0.25, 0.3) is 11.8 Å². The number of rotatable bonds is 9. The maximum Gasteiger partial charge on any atom is 0.278 e. The Morgan fingerprint density at radius 1 is 0.939 bits per heavy atom. The number of imide groups is 1. The lowest BCUT2D eigenvalue weighted by Gasteiger charge is -2.21. The second-order valence-electron chi connectivity index (χ2n) is 7.58. The summed E-state index contributed by atoms with van der Waals surface area (Å²) in [4.78, 5) is 31.1. The van der Waals surface area contributed by atoms with E-state index in [1.165, 1.54) is 16.2 Å². The quantitative estimate of drug-likeness (QED) is 0.455. The van der Waals surface area contributed by atoms with Crippen LogP contribution in [0.3, 0.4) is 0 Å². The summed E-state index contributed by atoms with van der Waals surface area (Å²) in [6.07, 6.45) is 0.